The molecule has 1 aromatic carbocycles. The van der Waals surface area contributed by atoms with E-state index in [-0.39, 0.29) is 5.91 Å². The summed E-state index contributed by atoms with van der Waals surface area (Å²) in [5, 5.41) is 2.88. The second kappa shape index (κ2) is 6.55. The number of aryl methyl sites for hydroxylation is 1. The number of hydrogen-bond acceptors (Lipinski definition) is 3. The van der Waals surface area contributed by atoms with Crippen molar-refractivity contribution in [3.63, 3.8) is 0 Å². The van der Waals surface area contributed by atoms with Crippen LogP contribution >= 0.6 is 11.8 Å². The fraction of sp³-hybridized carbons (Fsp3) is 0.462. The molecule has 0 radical (unpaired) electrons. The number of nitrogens with two attached hydrogens (primary N) is 1. The van der Waals surface area contributed by atoms with Gasteiger partial charge in [-0.15, -0.1) is 0 Å². The first kappa shape index (κ1) is 13.9. The van der Waals surface area contributed by atoms with E-state index in [0.717, 1.165) is 17.0 Å². The van der Waals surface area contributed by atoms with Crippen LogP contribution in [0, 0.1) is 12.8 Å². The largest absolute Gasteiger partial charge is 0.399 e. The topological polar surface area (TPSA) is 55.1 Å². The summed E-state index contributed by atoms with van der Waals surface area (Å²) in [6, 6.07) is 5.53. The van der Waals surface area contributed by atoms with Gasteiger partial charge in [-0.1, -0.05) is 19.9 Å². The van der Waals surface area contributed by atoms with Crippen molar-refractivity contribution >= 4 is 29.0 Å². The van der Waals surface area contributed by atoms with Gasteiger partial charge in [0.25, 0.3) is 0 Å². The molecule has 0 aliphatic rings. The van der Waals surface area contributed by atoms with E-state index in [1.807, 2.05) is 19.1 Å². The Labute approximate surface area is 107 Å². The molecule has 0 fully saturated rings. The minimum atomic E-state index is 0.0318. The predicted molar refractivity (Wildman–Crippen MR) is 76.4 cm³/mol. The quantitative estimate of drug-likeness (QED) is 0.792. The summed E-state index contributed by atoms with van der Waals surface area (Å²) < 4.78 is 0. The number of amides is 1. The molecular formula is C13H20N2OS. The third-order valence-corrected chi connectivity index (χ3v) is 3.59. The molecule has 17 heavy (non-hydrogen) atoms. The van der Waals surface area contributed by atoms with E-state index in [2.05, 4.69) is 19.2 Å². The Balaban J connectivity index is 2.47. The smallest absolute Gasteiger partial charge is 0.234 e. The number of benzene rings is 1. The summed E-state index contributed by atoms with van der Waals surface area (Å²) in [6.07, 6.45) is 0. The van der Waals surface area contributed by atoms with Crippen LogP contribution in [0.2, 0.25) is 0 Å². The van der Waals surface area contributed by atoms with Gasteiger partial charge >= 0.3 is 0 Å². The maximum atomic E-state index is 11.7. The van der Waals surface area contributed by atoms with Gasteiger partial charge in [0.15, 0.2) is 0 Å². The first-order valence-corrected chi connectivity index (χ1v) is 6.88. The van der Waals surface area contributed by atoms with Crippen molar-refractivity contribution in [3.8, 4) is 0 Å². The van der Waals surface area contributed by atoms with Crippen LogP contribution in [0.25, 0.3) is 0 Å². The predicted octanol–water partition coefficient (Wildman–Crippen LogP) is 2.90. The van der Waals surface area contributed by atoms with Crippen molar-refractivity contribution < 1.29 is 4.79 Å². The molecule has 3 nitrogen and oxygen atoms in total. The summed E-state index contributed by atoms with van der Waals surface area (Å²) in [6.45, 7) is 6.25. The average molecular weight is 252 g/mol. The number of nitrogens with one attached hydrogen (secondary N) is 1. The molecule has 1 aromatic rings. The van der Waals surface area contributed by atoms with Gasteiger partial charge < -0.3 is 11.1 Å². The summed E-state index contributed by atoms with van der Waals surface area (Å²) >= 11 is 1.66. The molecule has 0 aliphatic carbocycles. The number of hydrogen-bond donors (Lipinski definition) is 2. The lowest BCUT2D eigenvalue weighted by atomic mass is 10.2. The molecule has 0 unspecified atom stereocenters. The van der Waals surface area contributed by atoms with E-state index in [0.29, 0.717) is 17.4 Å². The maximum absolute atomic E-state index is 11.7. The first-order valence-electron chi connectivity index (χ1n) is 5.72. The Bertz CT molecular complexity index is 391. The van der Waals surface area contributed by atoms with Crippen LogP contribution in [-0.4, -0.2) is 17.4 Å². The first-order chi connectivity index (χ1) is 7.99. The monoisotopic (exact) mass is 252 g/mol. The van der Waals surface area contributed by atoms with E-state index in [1.54, 1.807) is 17.8 Å². The lowest BCUT2D eigenvalue weighted by molar-refractivity contribution is -0.113. The molecule has 0 atom stereocenters. The Morgan fingerprint density at radius 2 is 2.18 bits per heavy atom. The summed E-state index contributed by atoms with van der Waals surface area (Å²) in [4.78, 5) is 11.7. The highest BCUT2D eigenvalue weighted by Gasteiger charge is 2.05. The van der Waals surface area contributed by atoms with Gasteiger partial charge in [-0.25, -0.2) is 0 Å². The molecule has 0 saturated heterocycles. The summed E-state index contributed by atoms with van der Waals surface area (Å²) in [5.41, 5.74) is 8.19. The second-order valence-electron chi connectivity index (χ2n) is 4.53. The SMILES string of the molecule is Cc1ccc(N)cc1NC(=O)CSCC(C)C. The Hall–Kier alpha value is -1.16. The van der Waals surface area contributed by atoms with E-state index < -0.39 is 0 Å². The highest BCUT2D eigenvalue weighted by molar-refractivity contribution is 7.99. The molecule has 3 N–H and O–H groups in total. The number of nitrogen functional groups attached to an aromatic ring is 1. The zero-order valence-corrected chi connectivity index (χ0v) is 11.4. The number of thioether (sulfide) groups is 1. The van der Waals surface area contributed by atoms with Gasteiger partial charge in [-0.05, 0) is 36.3 Å². The minimum absolute atomic E-state index is 0.0318. The molecule has 0 spiro atoms. The van der Waals surface area contributed by atoms with Crippen molar-refractivity contribution in [3.05, 3.63) is 23.8 Å². The molecular weight excluding hydrogens is 232 g/mol. The van der Waals surface area contributed by atoms with Crippen molar-refractivity contribution in [2.75, 3.05) is 22.6 Å². The minimum Gasteiger partial charge on any atom is -0.399 e. The standard InChI is InChI=1S/C13H20N2OS/c1-9(2)7-17-8-13(16)15-12-6-11(14)5-4-10(12)3/h4-6,9H,7-8,14H2,1-3H3,(H,15,16). The Kier molecular flexibility index (Phi) is 5.35. The van der Waals surface area contributed by atoms with Crippen LogP contribution in [0.3, 0.4) is 0 Å². The Morgan fingerprint density at radius 3 is 2.82 bits per heavy atom. The molecule has 1 rings (SSSR count). The number of anilines is 2. The van der Waals surface area contributed by atoms with Crippen LogP contribution in [0.5, 0.6) is 0 Å². The average Bonchev–Trinajstić information content (AvgIpc) is 2.23. The fourth-order valence-corrected chi connectivity index (χ4v) is 2.19. The molecule has 0 aliphatic heterocycles. The fourth-order valence-electron chi connectivity index (χ4n) is 1.35. The highest BCUT2D eigenvalue weighted by Crippen LogP contribution is 2.18. The number of carbonyl (C=O) groups excluding carboxylic acids is 1. The lowest BCUT2D eigenvalue weighted by Gasteiger charge is -2.09. The van der Waals surface area contributed by atoms with Crippen molar-refractivity contribution in [2.24, 2.45) is 5.92 Å². The van der Waals surface area contributed by atoms with Crippen LogP contribution in [-0.2, 0) is 4.79 Å². The van der Waals surface area contributed by atoms with Gasteiger partial charge in [0.2, 0.25) is 5.91 Å². The lowest BCUT2D eigenvalue weighted by Crippen LogP contribution is -2.15. The zero-order valence-electron chi connectivity index (χ0n) is 10.6. The van der Waals surface area contributed by atoms with Gasteiger partial charge in [-0.2, -0.15) is 11.8 Å². The van der Waals surface area contributed by atoms with E-state index >= 15 is 0 Å². The second-order valence-corrected chi connectivity index (χ2v) is 5.56. The van der Waals surface area contributed by atoms with Crippen LogP contribution in [0.15, 0.2) is 18.2 Å². The molecule has 0 aromatic heterocycles. The van der Waals surface area contributed by atoms with Crippen molar-refractivity contribution in [1.29, 1.82) is 0 Å². The van der Waals surface area contributed by atoms with Gasteiger partial charge in [0.05, 0.1) is 5.75 Å². The number of carbonyl (C=O) groups is 1. The molecule has 1 amide bonds. The molecule has 4 heteroatoms. The van der Waals surface area contributed by atoms with Crippen molar-refractivity contribution in [2.45, 2.75) is 20.8 Å². The summed E-state index contributed by atoms with van der Waals surface area (Å²) in [5.74, 6) is 2.14. The third-order valence-electron chi connectivity index (χ3n) is 2.22. The molecule has 0 heterocycles. The van der Waals surface area contributed by atoms with Crippen LogP contribution < -0.4 is 11.1 Å². The van der Waals surface area contributed by atoms with E-state index in [9.17, 15) is 4.79 Å². The van der Waals surface area contributed by atoms with Gasteiger partial charge in [0, 0.05) is 11.4 Å². The highest BCUT2D eigenvalue weighted by atomic mass is 32.2. The Morgan fingerprint density at radius 1 is 1.47 bits per heavy atom. The summed E-state index contributed by atoms with van der Waals surface area (Å²) in [7, 11) is 0. The zero-order chi connectivity index (χ0) is 12.8. The van der Waals surface area contributed by atoms with E-state index in [4.69, 9.17) is 5.73 Å². The van der Waals surface area contributed by atoms with Gasteiger partial charge in [-0.3, -0.25) is 4.79 Å². The molecule has 0 bridgehead atoms. The van der Waals surface area contributed by atoms with Crippen LogP contribution in [0.1, 0.15) is 19.4 Å². The van der Waals surface area contributed by atoms with Gasteiger partial charge in [0.1, 0.15) is 0 Å². The van der Waals surface area contributed by atoms with E-state index in [1.165, 1.54) is 0 Å². The number of rotatable bonds is 5. The third kappa shape index (κ3) is 5.13. The maximum Gasteiger partial charge on any atom is 0.234 e. The van der Waals surface area contributed by atoms with Crippen LogP contribution in [0.4, 0.5) is 11.4 Å². The molecule has 0 saturated carbocycles. The molecule has 94 valence electrons. The normalized spacial score (nSPS) is 10.6. The van der Waals surface area contributed by atoms with Crippen molar-refractivity contribution in [1.82, 2.24) is 0 Å².